The molecule has 0 saturated carbocycles. The maximum atomic E-state index is 12.7. The number of methoxy groups -OCH3 is 2. The molecule has 1 amide bonds. The maximum Gasteiger partial charge on any atom is 0.247 e. The second-order valence-electron chi connectivity index (χ2n) is 6.55. The second kappa shape index (κ2) is 8.09. The molecule has 0 N–H and O–H groups in total. The van der Waals surface area contributed by atoms with Crippen molar-refractivity contribution >= 4 is 12.0 Å². The van der Waals surface area contributed by atoms with Crippen molar-refractivity contribution in [2.75, 3.05) is 20.8 Å². The van der Waals surface area contributed by atoms with E-state index in [1.54, 1.807) is 20.3 Å². The highest BCUT2D eigenvalue weighted by molar-refractivity contribution is 5.92. The lowest BCUT2D eigenvalue weighted by atomic mass is 10.0. The minimum Gasteiger partial charge on any atom is -0.493 e. The topological polar surface area (TPSA) is 38.8 Å². The lowest BCUT2D eigenvalue weighted by Gasteiger charge is -2.24. The molecule has 3 rings (SSSR count). The molecule has 1 atom stereocenters. The monoisotopic (exact) mass is 351 g/mol. The fourth-order valence-electron chi connectivity index (χ4n) is 3.38. The quantitative estimate of drug-likeness (QED) is 0.750. The molecule has 1 aliphatic rings. The lowest BCUT2D eigenvalue weighted by molar-refractivity contribution is -0.126. The first-order chi connectivity index (χ1) is 12.6. The summed E-state index contributed by atoms with van der Waals surface area (Å²) >= 11 is 0. The van der Waals surface area contributed by atoms with Crippen molar-refractivity contribution < 1.29 is 14.3 Å². The van der Waals surface area contributed by atoms with E-state index in [-0.39, 0.29) is 11.9 Å². The Balaban J connectivity index is 1.77. The van der Waals surface area contributed by atoms with Crippen LogP contribution in [0, 0.1) is 6.92 Å². The average Bonchev–Trinajstić information content (AvgIpc) is 3.16. The van der Waals surface area contributed by atoms with Crippen LogP contribution in [0.4, 0.5) is 0 Å². The fraction of sp³-hybridized carbons (Fsp3) is 0.318. The van der Waals surface area contributed by atoms with E-state index in [1.807, 2.05) is 53.4 Å². The number of nitrogens with zero attached hydrogens (tertiary/aromatic N) is 1. The minimum atomic E-state index is 0.0443. The van der Waals surface area contributed by atoms with E-state index in [0.29, 0.717) is 11.5 Å². The third-order valence-corrected chi connectivity index (χ3v) is 4.82. The lowest BCUT2D eigenvalue weighted by Crippen LogP contribution is -2.28. The number of likely N-dealkylation sites (tertiary alicyclic amines) is 1. The Hall–Kier alpha value is -2.75. The van der Waals surface area contributed by atoms with Crippen molar-refractivity contribution in [3.05, 3.63) is 65.2 Å². The molecule has 4 heteroatoms. The van der Waals surface area contributed by atoms with Gasteiger partial charge in [0.25, 0.3) is 0 Å². The van der Waals surface area contributed by atoms with E-state index >= 15 is 0 Å². The first-order valence-electron chi connectivity index (χ1n) is 8.89. The summed E-state index contributed by atoms with van der Waals surface area (Å²) in [6, 6.07) is 14.1. The van der Waals surface area contributed by atoms with Gasteiger partial charge in [-0.25, -0.2) is 0 Å². The predicted molar refractivity (Wildman–Crippen MR) is 103 cm³/mol. The Morgan fingerprint density at radius 3 is 2.50 bits per heavy atom. The summed E-state index contributed by atoms with van der Waals surface area (Å²) in [6.45, 7) is 2.83. The molecule has 0 aliphatic carbocycles. The van der Waals surface area contributed by atoms with Crippen LogP contribution in [-0.4, -0.2) is 31.6 Å². The van der Waals surface area contributed by atoms with Crippen LogP contribution in [0.1, 0.15) is 35.6 Å². The van der Waals surface area contributed by atoms with Gasteiger partial charge in [-0.05, 0) is 49.1 Å². The van der Waals surface area contributed by atoms with Gasteiger partial charge in [0.2, 0.25) is 5.91 Å². The van der Waals surface area contributed by atoms with Crippen LogP contribution < -0.4 is 9.47 Å². The molecule has 2 aromatic carbocycles. The van der Waals surface area contributed by atoms with Gasteiger partial charge < -0.3 is 14.4 Å². The molecular formula is C22H25NO3. The van der Waals surface area contributed by atoms with Gasteiger partial charge in [-0.15, -0.1) is 0 Å². The first-order valence-corrected chi connectivity index (χ1v) is 8.89. The molecule has 1 heterocycles. The zero-order valence-electron chi connectivity index (χ0n) is 15.6. The van der Waals surface area contributed by atoms with E-state index < -0.39 is 0 Å². The maximum absolute atomic E-state index is 12.7. The van der Waals surface area contributed by atoms with Gasteiger partial charge in [-0.3, -0.25) is 4.79 Å². The van der Waals surface area contributed by atoms with Gasteiger partial charge in [0.1, 0.15) is 0 Å². The smallest absolute Gasteiger partial charge is 0.247 e. The number of hydrogen-bond donors (Lipinski definition) is 0. The summed E-state index contributed by atoms with van der Waals surface area (Å²) < 4.78 is 10.7. The molecule has 1 unspecified atom stereocenters. The van der Waals surface area contributed by atoms with Gasteiger partial charge in [-0.1, -0.05) is 35.9 Å². The van der Waals surface area contributed by atoms with Crippen LogP contribution >= 0.6 is 0 Å². The molecule has 1 fully saturated rings. The molecule has 1 saturated heterocycles. The van der Waals surface area contributed by atoms with Gasteiger partial charge in [0, 0.05) is 12.6 Å². The van der Waals surface area contributed by atoms with Crippen molar-refractivity contribution in [2.24, 2.45) is 0 Å². The molecule has 1 aliphatic heterocycles. The number of carbonyl (C=O) groups is 1. The number of benzene rings is 2. The molecule has 4 nitrogen and oxygen atoms in total. The van der Waals surface area contributed by atoms with Crippen molar-refractivity contribution in [2.45, 2.75) is 25.8 Å². The Morgan fingerprint density at radius 2 is 1.81 bits per heavy atom. The highest BCUT2D eigenvalue weighted by Gasteiger charge is 2.29. The average molecular weight is 351 g/mol. The van der Waals surface area contributed by atoms with Crippen LogP contribution in [0.25, 0.3) is 6.08 Å². The largest absolute Gasteiger partial charge is 0.493 e. The minimum absolute atomic E-state index is 0.0443. The number of rotatable bonds is 5. The Kier molecular flexibility index (Phi) is 5.61. The van der Waals surface area contributed by atoms with Crippen LogP contribution in [0.2, 0.25) is 0 Å². The molecule has 0 bridgehead atoms. The van der Waals surface area contributed by atoms with Gasteiger partial charge in [-0.2, -0.15) is 0 Å². The standard InChI is InChI=1S/C22H25NO3/c1-16-6-8-17(9-7-16)10-13-22(24)23-14-4-5-19(23)18-11-12-20(25-2)21(15-18)26-3/h6-13,15,19H,4-5,14H2,1-3H3/b13-10+. The van der Waals surface area contributed by atoms with E-state index in [4.69, 9.17) is 9.47 Å². The summed E-state index contributed by atoms with van der Waals surface area (Å²) in [5.41, 5.74) is 3.32. The van der Waals surface area contributed by atoms with Gasteiger partial charge >= 0.3 is 0 Å². The van der Waals surface area contributed by atoms with Crippen molar-refractivity contribution in [3.8, 4) is 11.5 Å². The van der Waals surface area contributed by atoms with E-state index in [2.05, 4.69) is 6.92 Å². The summed E-state index contributed by atoms with van der Waals surface area (Å²) in [4.78, 5) is 14.7. The Bertz CT molecular complexity index is 796. The molecule has 26 heavy (non-hydrogen) atoms. The van der Waals surface area contributed by atoms with Crippen molar-refractivity contribution in [1.82, 2.24) is 4.90 Å². The molecule has 136 valence electrons. The SMILES string of the molecule is COc1ccc(C2CCCN2C(=O)/C=C/c2ccc(C)cc2)cc1OC. The van der Waals surface area contributed by atoms with Crippen LogP contribution in [0.3, 0.4) is 0 Å². The molecule has 2 aromatic rings. The zero-order valence-corrected chi connectivity index (χ0v) is 15.6. The number of ether oxygens (including phenoxy) is 2. The van der Waals surface area contributed by atoms with Crippen LogP contribution in [0.15, 0.2) is 48.5 Å². The third-order valence-electron chi connectivity index (χ3n) is 4.82. The predicted octanol–water partition coefficient (Wildman–Crippen LogP) is 4.39. The second-order valence-corrected chi connectivity index (χ2v) is 6.55. The molecule has 0 aromatic heterocycles. The normalized spacial score (nSPS) is 16.9. The molecular weight excluding hydrogens is 326 g/mol. The summed E-state index contributed by atoms with van der Waals surface area (Å²) in [5, 5.41) is 0. The summed E-state index contributed by atoms with van der Waals surface area (Å²) in [6.07, 6.45) is 5.51. The summed E-state index contributed by atoms with van der Waals surface area (Å²) in [7, 11) is 3.25. The number of carbonyl (C=O) groups excluding carboxylic acids is 1. The van der Waals surface area contributed by atoms with Crippen molar-refractivity contribution in [3.63, 3.8) is 0 Å². The highest BCUT2D eigenvalue weighted by Crippen LogP contribution is 2.37. The highest BCUT2D eigenvalue weighted by atomic mass is 16.5. The molecule has 0 radical (unpaired) electrons. The third kappa shape index (κ3) is 3.90. The Morgan fingerprint density at radius 1 is 1.08 bits per heavy atom. The van der Waals surface area contributed by atoms with E-state index in [9.17, 15) is 4.79 Å². The van der Waals surface area contributed by atoms with Crippen LogP contribution in [-0.2, 0) is 4.79 Å². The Labute approximate surface area is 155 Å². The van der Waals surface area contributed by atoms with E-state index in [1.165, 1.54) is 5.56 Å². The summed E-state index contributed by atoms with van der Waals surface area (Å²) in [5.74, 6) is 1.44. The fourth-order valence-corrected chi connectivity index (χ4v) is 3.38. The van der Waals surface area contributed by atoms with Gasteiger partial charge in [0.15, 0.2) is 11.5 Å². The first kappa shape index (κ1) is 18.1. The van der Waals surface area contributed by atoms with Crippen LogP contribution in [0.5, 0.6) is 11.5 Å². The number of amides is 1. The van der Waals surface area contributed by atoms with Gasteiger partial charge in [0.05, 0.1) is 20.3 Å². The molecule has 0 spiro atoms. The number of aryl methyl sites for hydroxylation is 1. The van der Waals surface area contributed by atoms with E-state index in [0.717, 1.165) is 30.5 Å². The number of hydrogen-bond acceptors (Lipinski definition) is 3. The zero-order chi connectivity index (χ0) is 18.5. The van der Waals surface area contributed by atoms with Crippen molar-refractivity contribution in [1.29, 1.82) is 0 Å².